The monoisotopic (exact) mass is 175 g/mol. The summed E-state index contributed by atoms with van der Waals surface area (Å²) in [7, 11) is -1.89. The quantitative estimate of drug-likeness (QED) is 0.592. The highest BCUT2D eigenvalue weighted by Crippen LogP contribution is 2.13. The van der Waals surface area contributed by atoms with Gasteiger partial charge >= 0.3 is 0 Å². The first-order chi connectivity index (χ1) is 5.08. The van der Waals surface area contributed by atoms with Crippen molar-refractivity contribution < 1.29 is 13.5 Å². The molecule has 11 heavy (non-hydrogen) atoms. The topological polar surface area (TPSA) is 57.6 Å². The molecule has 0 radical (unpaired) electrons. The third-order valence-corrected chi connectivity index (χ3v) is 2.99. The Balaban J connectivity index is 3.05. The molecule has 0 aromatic heterocycles. The number of aliphatic hydroxyl groups is 1. The van der Waals surface area contributed by atoms with E-state index < -0.39 is 10.0 Å². The third kappa shape index (κ3) is 1.44. The minimum Gasteiger partial charge on any atom is -0.390 e. The van der Waals surface area contributed by atoms with Crippen LogP contribution in [-0.4, -0.2) is 31.5 Å². The second kappa shape index (κ2) is 2.67. The molecule has 0 spiro atoms. The van der Waals surface area contributed by atoms with Crippen LogP contribution in [-0.2, 0) is 10.0 Å². The van der Waals surface area contributed by atoms with Gasteiger partial charge in [0.1, 0.15) is 0 Å². The number of likely N-dealkylation sites (N-methyl/N-ethyl adjacent to an activating group) is 1. The first-order valence-electron chi connectivity index (χ1n) is 3.05. The predicted molar refractivity (Wildman–Crippen MR) is 41.0 cm³/mol. The number of sulfonamides is 1. The lowest BCUT2D eigenvalue weighted by Gasteiger charge is -2.20. The van der Waals surface area contributed by atoms with Gasteiger partial charge in [0.25, 0.3) is 10.0 Å². The zero-order valence-corrected chi connectivity index (χ0v) is 6.87. The normalized spacial score (nSPS) is 21.6. The van der Waals surface area contributed by atoms with E-state index in [2.05, 4.69) is 0 Å². The second-order valence-electron chi connectivity index (χ2n) is 2.16. The average molecular weight is 175 g/mol. The van der Waals surface area contributed by atoms with E-state index in [1.807, 2.05) is 0 Å². The highest BCUT2D eigenvalue weighted by molar-refractivity contribution is 7.92. The summed E-state index contributed by atoms with van der Waals surface area (Å²) >= 11 is 0. The minimum absolute atomic E-state index is 0.264. The van der Waals surface area contributed by atoms with Crippen molar-refractivity contribution in [2.45, 2.75) is 0 Å². The Kier molecular flexibility index (Phi) is 2.01. The summed E-state index contributed by atoms with van der Waals surface area (Å²) < 4.78 is 23.1. The van der Waals surface area contributed by atoms with E-state index in [4.69, 9.17) is 5.11 Å². The van der Waals surface area contributed by atoms with Crippen molar-refractivity contribution in [2.75, 3.05) is 13.7 Å². The Morgan fingerprint density at radius 3 is 2.73 bits per heavy atom. The number of nitrogens with zero attached hydrogens (tertiary/aromatic N) is 1. The molecule has 0 fully saturated rings. The molecule has 0 saturated carbocycles. The molecule has 1 aliphatic heterocycles. The molecule has 0 aromatic carbocycles. The van der Waals surface area contributed by atoms with Gasteiger partial charge in [-0.15, -0.1) is 0 Å². The van der Waals surface area contributed by atoms with Gasteiger partial charge in [0.05, 0.1) is 17.7 Å². The van der Waals surface area contributed by atoms with Gasteiger partial charge in [-0.3, -0.25) is 4.31 Å². The van der Waals surface area contributed by atoms with Crippen LogP contribution in [0.2, 0.25) is 0 Å². The van der Waals surface area contributed by atoms with Gasteiger partial charge in [-0.05, 0) is 12.2 Å². The molecule has 1 N–H and O–H groups in total. The van der Waals surface area contributed by atoms with Crippen molar-refractivity contribution in [1.82, 2.24) is 4.31 Å². The van der Waals surface area contributed by atoms with Crippen LogP contribution in [0.15, 0.2) is 23.3 Å². The maximum atomic E-state index is 11.0. The van der Waals surface area contributed by atoms with E-state index >= 15 is 0 Å². The molecule has 0 atom stereocenters. The Bertz CT molecular complexity index is 302. The number of hydrogen-bond donors (Lipinski definition) is 1. The van der Waals surface area contributed by atoms with Gasteiger partial charge in [-0.1, -0.05) is 0 Å². The molecule has 1 aliphatic rings. The zero-order chi connectivity index (χ0) is 8.48. The van der Waals surface area contributed by atoms with Crippen molar-refractivity contribution in [1.29, 1.82) is 0 Å². The SMILES string of the molecule is CN1C(CO)=CC=CS1(=O)=O. The Hall–Kier alpha value is -0.810. The number of rotatable bonds is 1. The summed E-state index contributed by atoms with van der Waals surface area (Å²) in [5.41, 5.74) is 0.382. The van der Waals surface area contributed by atoms with Crippen LogP contribution in [0.1, 0.15) is 0 Å². The van der Waals surface area contributed by atoms with Gasteiger partial charge < -0.3 is 5.11 Å². The highest BCUT2D eigenvalue weighted by Gasteiger charge is 2.18. The van der Waals surface area contributed by atoms with Crippen LogP contribution in [0.25, 0.3) is 0 Å². The van der Waals surface area contributed by atoms with Crippen LogP contribution in [0.5, 0.6) is 0 Å². The van der Waals surface area contributed by atoms with Crippen LogP contribution in [0, 0.1) is 0 Å². The fourth-order valence-corrected chi connectivity index (χ4v) is 1.67. The van der Waals surface area contributed by atoms with E-state index in [-0.39, 0.29) is 6.61 Å². The molecule has 62 valence electrons. The number of allylic oxidation sites excluding steroid dienone is 2. The minimum atomic E-state index is -3.30. The fourth-order valence-electron chi connectivity index (χ4n) is 0.762. The average Bonchev–Trinajstić information content (AvgIpc) is 1.95. The van der Waals surface area contributed by atoms with Crippen molar-refractivity contribution >= 4 is 10.0 Å². The largest absolute Gasteiger partial charge is 0.390 e. The Labute approximate surface area is 65.5 Å². The van der Waals surface area contributed by atoms with Crippen LogP contribution < -0.4 is 0 Å². The Morgan fingerprint density at radius 1 is 1.64 bits per heavy atom. The van der Waals surface area contributed by atoms with E-state index in [9.17, 15) is 8.42 Å². The summed E-state index contributed by atoms with van der Waals surface area (Å²) in [5, 5.41) is 9.77. The first-order valence-corrected chi connectivity index (χ1v) is 4.55. The summed E-state index contributed by atoms with van der Waals surface area (Å²) in [6.07, 6.45) is 2.96. The summed E-state index contributed by atoms with van der Waals surface area (Å²) in [6.45, 7) is -0.264. The zero-order valence-electron chi connectivity index (χ0n) is 6.06. The maximum absolute atomic E-state index is 11.0. The van der Waals surface area contributed by atoms with Crippen molar-refractivity contribution in [3.05, 3.63) is 23.3 Å². The lowest BCUT2D eigenvalue weighted by Crippen LogP contribution is -2.27. The van der Waals surface area contributed by atoms with Gasteiger partial charge in [0, 0.05) is 7.05 Å². The fraction of sp³-hybridized carbons (Fsp3) is 0.333. The van der Waals surface area contributed by atoms with Gasteiger partial charge in [-0.25, -0.2) is 8.42 Å². The first kappa shape index (κ1) is 8.29. The molecule has 1 heterocycles. The molecule has 4 nitrogen and oxygen atoms in total. The van der Waals surface area contributed by atoms with Crippen LogP contribution in [0.4, 0.5) is 0 Å². The molecule has 0 aliphatic carbocycles. The highest BCUT2D eigenvalue weighted by atomic mass is 32.2. The molecule has 1 rings (SSSR count). The predicted octanol–water partition coefficient (Wildman–Crippen LogP) is -0.349. The standard InChI is InChI=1S/C6H9NO3S/c1-7-6(5-8)3-2-4-11(7,9)10/h2-4,8H,5H2,1H3. The number of aliphatic hydroxyl groups excluding tert-OH is 1. The van der Waals surface area contributed by atoms with Gasteiger partial charge in [-0.2, -0.15) is 0 Å². The summed E-state index contributed by atoms with van der Waals surface area (Å²) in [5.74, 6) is 0. The number of hydrogen-bond acceptors (Lipinski definition) is 3. The Morgan fingerprint density at radius 2 is 2.27 bits per heavy atom. The van der Waals surface area contributed by atoms with E-state index in [1.54, 1.807) is 6.08 Å². The van der Waals surface area contributed by atoms with E-state index in [1.165, 1.54) is 13.1 Å². The lowest BCUT2D eigenvalue weighted by molar-refractivity contribution is 0.305. The maximum Gasteiger partial charge on any atom is 0.257 e. The second-order valence-corrected chi connectivity index (χ2v) is 4.01. The molecule has 0 saturated heterocycles. The van der Waals surface area contributed by atoms with Crippen molar-refractivity contribution in [3.8, 4) is 0 Å². The lowest BCUT2D eigenvalue weighted by atomic mass is 10.4. The smallest absolute Gasteiger partial charge is 0.257 e. The molecular weight excluding hydrogens is 166 g/mol. The van der Waals surface area contributed by atoms with Gasteiger partial charge in [0.15, 0.2) is 0 Å². The van der Waals surface area contributed by atoms with Crippen LogP contribution >= 0.6 is 0 Å². The molecule has 5 heteroatoms. The van der Waals surface area contributed by atoms with Crippen LogP contribution in [0.3, 0.4) is 0 Å². The third-order valence-electron chi connectivity index (χ3n) is 1.49. The van der Waals surface area contributed by atoms with Gasteiger partial charge in [0.2, 0.25) is 0 Å². The van der Waals surface area contributed by atoms with E-state index in [0.29, 0.717) is 5.70 Å². The van der Waals surface area contributed by atoms with Crippen molar-refractivity contribution in [2.24, 2.45) is 0 Å². The molecular formula is C6H9NO3S. The van der Waals surface area contributed by atoms with E-state index in [0.717, 1.165) is 9.71 Å². The molecule has 0 unspecified atom stereocenters. The van der Waals surface area contributed by atoms with Crippen molar-refractivity contribution in [3.63, 3.8) is 0 Å². The molecule has 0 amide bonds. The molecule has 0 bridgehead atoms. The summed E-state index contributed by atoms with van der Waals surface area (Å²) in [4.78, 5) is 0. The summed E-state index contributed by atoms with van der Waals surface area (Å²) in [6, 6.07) is 0. The molecule has 0 aromatic rings.